The quantitative estimate of drug-likeness (QED) is 0.153. The summed E-state index contributed by atoms with van der Waals surface area (Å²) in [6.07, 6.45) is 6.35. The normalized spacial score (nSPS) is 21.4. The molecule has 0 radical (unpaired) electrons. The van der Waals surface area contributed by atoms with E-state index in [-0.39, 0.29) is 29.6 Å². The Labute approximate surface area is 203 Å². The molecule has 0 aromatic heterocycles. The van der Waals surface area contributed by atoms with Gasteiger partial charge in [0.25, 0.3) is 0 Å². The predicted molar refractivity (Wildman–Crippen MR) is 127 cm³/mol. The minimum atomic E-state index is -0.359. The highest BCUT2D eigenvalue weighted by Gasteiger charge is 2.37. The van der Waals surface area contributed by atoms with E-state index in [2.05, 4.69) is 15.9 Å². The summed E-state index contributed by atoms with van der Waals surface area (Å²) in [5.74, 6) is 0.467. The van der Waals surface area contributed by atoms with Crippen molar-refractivity contribution in [1.82, 2.24) is 0 Å². The Kier molecular flexibility index (Phi) is 12.0. The summed E-state index contributed by atoms with van der Waals surface area (Å²) >= 11 is 9.43. The van der Waals surface area contributed by atoms with Crippen LogP contribution in [-0.4, -0.2) is 49.6 Å². The van der Waals surface area contributed by atoms with E-state index in [1.54, 1.807) is 14.0 Å². The Hall–Kier alpha value is -1.67. The first-order valence-electron chi connectivity index (χ1n) is 10.5. The summed E-state index contributed by atoms with van der Waals surface area (Å²) in [7, 11) is 1.63. The van der Waals surface area contributed by atoms with Gasteiger partial charge in [0.05, 0.1) is 26.4 Å². The van der Waals surface area contributed by atoms with Crippen LogP contribution in [0.5, 0.6) is 5.75 Å². The molecule has 0 bridgehead atoms. The van der Waals surface area contributed by atoms with E-state index in [0.29, 0.717) is 44.5 Å². The van der Waals surface area contributed by atoms with Crippen molar-refractivity contribution in [3.63, 3.8) is 0 Å². The van der Waals surface area contributed by atoms with Crippen LogP contribution in [0.1, 0.15) is 38.2 Å². The van der Waals surface area contributed by atoms with E-state index in [4.69, 9.17) is 30.5 Å². The van der Waals surface area contributed by atoms with Gasteiger partial charge in [-0.15, -0.1) is 0 Å². The average Bonchev–Trinajstić information content (AvgIpc) is 3.19. The number of hydrogen-bond acceptors (Lipinski definition) is 6. The smallest absolute Gasteiger partial charge is 0.316 e. The Morgan fingerprint density at radius 1 is 1.28 bits per heavy atom. The van der Waals surface area contributed by atoms with Crippen LogP contribution in [0.25, 0.3) is 0 Å². The van der Waals surface area contributed by atoms with Crippen molar-refractivity contribution in [2.75, 3.05) is 19.0 Å². The Morgan fingerprint density at radius 3 is 2.69 bits per heavy atom. The van der Waals surface area contributed by atoms with Crippen LogP contribution in [0.15, 0.2) is 47.0 Å². The van der Waals surface area contributed by atoms with E-state index in [1.165, 1.54) is 0 Å². The number of hydrogen-bond donors (Lipinski definition) is 0. The lowest BCUT2D eigenvalue weighted by Crippen LogP contribution is -2.31. The van der Waals surface area contributed by atoms with E-state index < -0.39 is 0 Å². The Bertz CT molecular complexity index is 792. The molecule has 1 fully saturated rings. The number of carbonyl (C=O) groups excluding carboxylic acids is 2. The van der Waals surface area contributed by atoms with Gasteiger partial charge in [-0.25, -0.2) is 0 Å². The van der Waals surface area contributed by atoms with Crippen LogP contribution >= 0.6 is 27.5 Å². The number of methoxy groups -OCH3 is 1. The summed E-state index contributed by atoms with van der Waals surface area (Å²) in [5, 5.41) is 0.854. The summed E-state index contributed by atoms with van der Waals surface area (Å²) in [4.78, 5) is 22.4. The second-order valence-corrected chi connectivity index (χ2v) is 8.59. The molecule has 32 heavy (non-hydrogen) atoms. The van der Waals surface area contributed by atoms with Gasteiger partial charge in [-0.2, -0.15) is 0 Å². The number of carbonyl (C=O) groups is 2. The molecule has 1 aromatic carbocycles. The van der Waals surface area contributed by atoms with Crippen LogP contribution in [-0.2, 0) is 30.4 Å². The van der Waals surface area contributed by atoms with Crippen molar-refractivity contribution in [2.45, 2.75) is 57.5 Å². The monoisotopic (exact) mass is 528 g/mol. The fraction of sp³-hybridized carbons (Fsp3) is 0.500. The maximum Gasteiger partial charge on any atom is 0.316 e. The van der Waals surface area contributed by atoms with E-state index in [9.17, 15) is 9.59 Å². The number of esters is 1. The van der Waals surface area contributed by atoms with Crippen molar-refractivity contribution < 1.29 is 28.5 Å². The summed E-state index contributed by atoms with van der Waals surface area (Å²) in [6.45, 7) is 2.50. The van der Waals surface area contributed by atoms with E-state index in [0.717, 1.165) is 22.6 Å². The molecule has 1 aliphatic rings. The lowest BCUT2D eigenvalue weighted by atomic mass is 10.1. The van der Waals surface area contributed by atoms with Crippen molar-refractivity contribution in [2.24, 2.45) is 0 Å². The third-order valence-electron chi connectivity index (χ3n) is 5.05. The second kappa shape index (κ2) is 14.5. The number of rotatable bonds is 13. The first-order chi connectivity index (χ1) is 15.4. The van der Waals surface area contributed by atoms with Crippen molar-refractivity contribution in [3.05, 3.63) is 52.6 Å². The van der Waals surface area contributed by atoms with Crippen LogP contribution in [0.2, 0.25) is 0 Å². The molecule has 1 heterocycles. The fourth-order valence-corrected chi connectivity index (χ4v) is 3.62. The van der Waals surface area contributed by atoms with Crippen molar-refractivity contribution >= 4 is 39.8 Å². The van der Waals surface area contributed by atoms with Crippen LogP contribution in [0.3, 0.4) is 0 Å². The molecular weight excluding hydrogens is 500 g/mol. The number of allylic oxidation sites excluding steroid dienone is 4. The summed E-state index contributed by atoms with van der Waals surface area (Å²) in [6, 6.07) is 7.66. The number of benzene rings is 1. The maximum atomic E-state index is 11.8. The molecule has 0 amide bonds. The molecule has 3 atom stereocenters. The molecule has 0 aliphatic carbocycles. The number of halogens is 2. The topological polar surface area (TPSA) is 71.1 Å². The predicted octanol–water partition coefficient (Wildman–Crippen LogP) is 5.11. The van der Waals surface area contributed by atoms with Gasteiger partial charge in [0.2, 0.25) is 0 Å². The van der Waals surface area contributed by atoms with Crippen LogP contribution in [0.4, 0.5) is 0 Å². The SMILES string of the molecule is COc1ccc(COC[C@@H]2O[C@@H](CC/C(Cl)=C/C/C=C(/C)C=O)C[C@@H]2OC(=O)CBr)cc1. The molecule has 0 N–H and O–H groups in total. The Balaban J connectivity index is 1.85. The molecule has 0 spiro atoms. The highest BCUT2D eigenvalue weighted by Crippen LogP contribution is 2.29. The van der Waals surface area contributed by atoms with E-state index in [1.807, 2.05) is 36.4 Å². The number of ether oxygens (including phenoxy) is 4. The summed E-state index contributed by atoms with van der Waals surface area (Å²) < 4.78 is 22.7. The molecule has 1 aromatic rings. The highest BCUT2D eigenvalue weighted by molar-refractivity contribution is 9.09. The molecule has 176 valence electrons. The minimum Gasteiger partial charge on any atom is -0.497 e. The van der Waals surface area contributed by atoms with Crippen LogP contribution < -0.4 is 4.74 Å². The molecule has 6 nitrogen and oxygen atoms in total. The maximum absolute atomic E-state index is 11.8. The first-order valence-corrected chi connectivity index (χ1v) is 12.0. The van der Waals surface area contributed by atoms with Gasteiger partial charge >= 0.3 is 5.97 Å². The lowest BCUT2D eigenvalue weighted by molar-refractivity contribution is -0.150. The largest absolute Gasteiger partial charge is 0.497 e. The van der Waals surface area contributed by atoms with Gasteiger partial charge in [-0.3, -0.25) is 9.59 Å². The molecular formula is C24H30BrClO6. The van der Waals surface area contributed by atoms with Crippen molar-refractivity contribution in [1.29, 1.82) is 0 Å². The van der Waals surface area contributed by atoms with E-state index >= 15 is 0 Å². The lowest BCUT2D eigenvalue weighted by Gasteiger charge is -2.19. The van der Waals surface area contributed by atoms with Gasteiger partial charge < -0.3 is 18.9 Å². The zero-order valence-corrected chi connectivity index (χ0v) is 20.8. The van der Waals surface area contributed by atoms with Gasteiger partial charge in [0.1, 0.15) is 29.6 Å². The minimum absolute atomic E-state index is 0.0767. The molecule has 2 rings (SSSR count). The highest BCUT2D eigenvalue weighted by atomic mass is 79.9. The molecule has 0 unspecified atom stereocenters. The molecule has 0 saturated carbocycles. The number of aldehydes is 1. The molecule has 1 aliphatic heterocycles. The third-order valence-corrected chi connectivity index (χ3v) is 5.85. The van der Waals surface area contributed by atoms with Gasteiger partial charge in [0.15, 0.2) is 0 Å². The second-order valence-electron chi connectivity index (χ2n) is 7.55. The number of alkyl halides is 1. The van der Waals surface area contributed by atoms with Gasteiger partial charge in [0, 0.05) is 11.5 Å². The van der Waals surface area contributed by atoms with Gasteiger partial charge in [-0.05, 0) is 49.5 Å². The zero-order chi connectivity index (χ0) is 23.3. The average molecular weight is 530 g/mol. The molecule has 8 heteroatoms. The van der Waals surface area contributed by atoms with Gasteiger partial charge in [-0.1, -0.05) is 51.8 Å². The zero-order valence-electron chi connectivity index (χ0n) is 18.4. The Morgan fingerprint density at radius 2 is 2.03 bits per heavy atom. The first kappa shape index (κ1) is 26.6. The standard InChI is InChI=1S/C24H30BrClO6/c1-17(14-27)4-3-5-19(26)8-11-21-12-22(32-24(28)13-25)23(31-21)16-30-15-18-6-9-20(29-2)10-7-18/h4-7,9-10,14,21-23H,3,8,11-13,15-16H2,1-2H3/b17-4-,19-5-/t21-,22-,23-/m0/s1. The van der Waals surface area contributed by atoms with Crippen LogP contribution in [0, 0.1) is 0 Å². The van der Waals surface area contributed by atoms with Crippen molar-refractivity contribution in [3.8, 4) is 5.75 Å². The molecule has 1 saturated heterocycles. The summed E-state index contributed by atoms with van der Waals surface area (Å²) in [5.41, 5.74) is 1.70. The third kappa shape index (κ3) is 9.45. The fourth-order valence-electron chi connectivity index (χ4n) is 3.29.